The number of aldehydes is 2. The fourth-order valence-corrected chi connectivity index (χ4v) is 15.9. The molecule has 6 fully saturated rings. The van der Waals surface area contributed by atoms with E-state index in [1.807, 2.05) is 63.0 Å². The van der Waals surface area contributed by atoms with E-state index in [2.05, 4.69) is 81.1 Å². The van der Waals surface area contributed by atoms with Gasteiger partial charge in [0, 0.05) is 86.2 Å². The maximum absolute atomic E-state index is 13.4. The minimum atomic E-state index is -4.64. The van der Waals surface area contributed by atoms with Crippen LogP contribution in [0, 0.1) is 48.6 Å². The predicted octanol–water partition coefficient (Wildman–Crippen LogP) is 13.2. The highest BCUT2D eigenvalue weighted by atomic mass is 35.5. The van der Waals surface area contributed by atoms with Crippen molar-refractivity contribution in [3.63, 3.8) is 0 Å². The van der Waals surface area contributed by atoms with E-state index in [0.717, 1.165) is 153 Å². The van der Waals surface area contributed by atoms with E-state index in [9.17, 15) is 53.5 Å². The molecule has 12 heterocycles. The summed E-state index contributed by atoms with van der Waals surface area (Å²) in [6.07, 6.45) is -0.924. The lowest BCUT2D eigenvalue weighted by Gasteiger charge is -2.45. The summed E-state index contributed by atoms with van der Waals surface area (Å²) < 4.78 is 151. The van der Waals surface area contributed by atoms with Gasteiger partial charge in [0.05, 0.1) is 65.1 Å². The SMILES string of the molecule is C#[N+]CCOS(=O)(=O)c1ccc(C)cc1.COc1ccc(CN)c(OC)c1.COc1ccc(CN2CCn3nnnc3C2c2ccc(F)cc2)c(OC)c1.C[Si](C)(C)N=[N+]=[N-].Fc1ccc(C2NCCn3nnnc32)cc1.O=C(Cl)O[C@@H]1CN2CCC1CC2.O=C(O[C@@H]1CN2CCC1CC2)N1CCn2nnnc2C1c1ccc(F)cc1.O=CC(F)(F)F.O=Cc1ccc(F)cc1. The van der Waals surface area contributed by atoms with E-state index in [-0.39, 0.29) is 71.7 Å². The van der Waals surface area contributed by atoms with Crippen LogP contribution in [0.5, 0.6) is 23.0 Å². The molecular weight excluding hydrogens is 1780 g/mol. The van der Waals surface area contributed by atoms with Gasteiger partial charge in [-0.15, -0.1) is 20.1 Å². The zero-order valence-corrected chi connectivity index (χ0v) is 75.8. The van der Waals surface area contributed by atoms with Crippen molar-refractivity contribution in [3.8, 4) is 29.6 Å². The average molecular weight is 1880 g/mol. The van der Waals surface area contributed by atoms with E-state index < -0.39 is 42.3 Å². The number of carbonyl (C=O) groups is 4. The van der Waals surface area contributed by atoms with E-state index in [4.69, 9.17) is 66.8 Å². The Morgan fingerprint density at radius 2 is 1.05 bits per heavy atom. The Kier molecular flexibility index (Phi) is 39.1. The second kappa shape index (κ2) is 50.1. The number of carbonyl (C=O) groups excluding carboxylic acids is 4. The van der Waals surface area contributed by atoms with Crippen LogP contribution in [0.2, 0.25) is 19.6 Å². The highest BCUT2D eigenvalue weighted by Gasteiger charge is 2.42. The molecular formula is C86H103ClF7N22O13SSi+. The Morgan fingerprint density at radius 1 is 0.603 bits per heavy atom. The fraction of sp³-hybridized carbons (Fsp3) is 0.419. The number of hydrogen-bond acceptors (Lipinski definition) is 28. The van der Waals surface area contributed by atoms with E-state index in [1.54, 1.807) is 95.9 Å². The molecule has 700 valence electrons. The molecule has 0 spiro atoms. The highest BCUT2D eigenvalue weighted by Crippen LogP contribution is 2.38. The van der Waals surface area contributed by atoms with Crippen molar-refractivity contribution in [2.45, 2.75) is 126 Å². The number of nitrogens with zero attached hydrogens (tertiary/aromatic N) is 20. The Hall–Kier alpha value is -12.4. The predicted molar refractivity (Wildman–Crippen MR) is 469 cm³/mol. The third kappa shape index (κ3) is 31.1. The van der Waals surface area contributed by atoms with Gasteiger partial charge < -0.3 is 39.5 Å². The van der Waals surface area contributed by atoms with Crippen molar-refractivity contribution in [2.75, 3.05) is 100 Å². The molecule has 131 heavy (non-hydrogen) atoms. The summed E-state index contributed by atoms with van der Waals surface area (Å²) in [5.41, 5.74) is 18.9. The van der Waals surface area contributed by atoms with Gasteiger partial charge in [0.2, 0.25) is 6.29 Å². The van der Waals surface area contributed by atoms with Crippen LogP contribution < -0.4 is 30.0 Å². The standard InChI is InChI=1S/C19H20FN5O2.C18H21FN6O2.C10H10FN5.C10H12NO3S.C9H13NO2.C8H12ClNO2.C7H5FO.C3H9N3Si.C2HF3O/c1-26-16-8-5-14(17(11-16)27-2)12-24-9-10-25-19(21-22-23-25)18(24)13-3-6-15(20)7-4-13;19-14-3-1-13(2-4-14)16-17-20-21-22-25(17)10-9-24(16)18(26)27-15-11-23-7-5-12(15)6-8-23;11-8-3-1-7(2-4-8)9-10-13-14-15-16(10)6-5-12-9;1-9-3-5-10(6-4-9)15(12,13)14-8-7-11-2;1-11-8-4-3-7(6-10)9(5-8)12-2;9-8(11)12-7-5-10-3-1-6(7)2-4-10;8-7-3-1-6(5-9)2-4-7;1-7(2,3)6-5-4;3-2(4,5)1-6/h3-8,11,18H,9-10,12H2,1-2H3;1-4,12,15-16H,5-11H2;1-4,9,12H,5-6H2;2-6H,7-8H2,1H3;3-5H,6,10H2,1-2H3;6-7H,1-5H2;1-5H;1-3H3;1H/q;;;+1;;;;;/t;15-,16?;;;;7-;;;/m.1...1.../s1. The molecule has 3 aromatic heterocycles. The van der Waals surface area contributed by atoms with Crippen LogP contribution in [0.4, 0.5) is 40.3 Å². The maximum atomic E-state index is 13.4. The fourth-order valence-electron chi connectivity index (χ4n) is 14.6. The minimum Gasteiger partial charge on any atom is -0.497 e. The Bertz CT molecular complexity index is 5500. The van der Waals surface area contributed by atoms with Crippen molar-refractivity contribution in [1.82, 2.24) is 85.5 Å². The van der Waals surface area contributed by atoms with Crippen LogP contribution in [0.1, 0.15) is 105 Å². The first-order valence-corrected chi connectivity index (χ1v) is 46.6. The molecule has 3 unspecified atom stereocenters. The van der Waals surface area contributed by atoms with Gasteiger partial charge in [0.25, 0.3) is 23.2 Å². The summed E-state index contributed by atoms with van der Waals surface area (Å²) in [5.74, 6) is 5.01. The van der Waals surface area contributed by atoms with Gasteiger partial charge in [-0.2, -0.15) is 21.6 Å². The molecule has 7 aromatic carbocycles. The number of nitrogens with one attached hydrogen (secondary N) is 1. The van der Waals surface area contributed by atoms with Crippen molar-refractivity contribution in [1.29, 1.82) is 0 Å². The number of methoxy groups -OCH3 is 4. The zero-order valence-electron chi connectivity index (χ0n) is 73.2. The molecule has 0 saturated carbocycles. The molecule has 4 bridgehead atoms. The summed E-state index contributed by atoms with van der Waals surface area (Å²) in [7, 11) is 1.40. The molecule has 35 nitrogen and oxygen atoms in total. The van der Waals surface area contributed by atoms with Gasteiger partial charge in [-0.3, -0.25) is 33.4 Å². The monoisotopic (exact) mass is 1880 g/mol. The number of azide groups is 1. The van der Waals surface area contributed by atoms with Gasteiger partial charge in [0.15, 0.2) is 17.5 Å². The van der Waals surface area contributed by atoms with Crippen LogP contribution in [0.25, 0.3) is 15.3 Å². The summed E-state index contributed by atoms with van der Waals surface area (Å²) >= 11 is 5.17. The van der Waals surface area contributed by atoms with Crippen LogP contribution in [0.15, 0.2) is 167 Å². The Labute approximate surface area is 758 Å². The number of hydrogen-bond donors (Lipinski definition) is 2. The molecule has 0 radical (unpaired) electrons. The lowest BCUT2D eigenvalue weighted by atomic mass is 9.86. The van der Waals surface area contributed by atoms with E-state index in [0.29, 0.717) is 62.2 Å². The second-order valence-electron chi connectivity index (χ2n) is 31.1. The quantitative estimate of drug-likeness (QED) is 0.00927. The summed E-state index contributed by atoms with van der Waals surface area (Å²) in [4.78, 5) is 57.0. The number of nitrogens with two attached hydrogens (primary N) is 1. The molecule has 9 aliphatic heterocycles. The summed E-state index contributed by atoms with van der Waals surface area (Å²) in [6, 6.07) is 41.4. The molecule has 1 amide bonds. The second-order valence-corrected chi connectivity index (χ2v) is 37.6. The number of aryl methyl sites for hydroxylation is 1. The number of fused-ring (bicyclic) bond motifs is 9. The van der Waals surface area contributed by atoms with Crippen LogP contribution >= 0.6 is 11.6 Å². The summed E-state index contributed by atoms with van der Waals surface area (Å²) in [6.45, 7) is 24.1. The van der Waals surface area contributed by atoms with Crippen molar-refractivity contribution in [3.05, 3.63) is 253 Å². The topological polar surface area (TPSA) is 402 Å². The molecule has 6 saturated heterocycles. The van der Waals surface area contributed by atoms with Crippen molar-refractivity contribution < 1.29 is 90.9 Å². The van der Waals surface area contributed by atoms with Gasteiger partial charge >= 0.3 is 17.7 Å². The largest absolute Gasteiger partial charge is 0.497 e. The number of piperidine rings is 6. The normalized spacial score (nSPS) is 19.3. The lowest BCUT2D eigenvalue weighted by Crippen LogP contribution is -2.53. The number of halogens is 8. The van der Waals surface area contributed by atoms with Gasteiger partial charge in [0.1, 0.15) is 85.6 Å². The third-order valence-corrected chi connectivity index (χ3v) is 23.4. The first-order chi connectivity index (χ1) is 62.8. The van der Waals surface area contributed by atoms with Crippen LogP contribution in [-0.2, 0) is 61.3 Å². The molecule has 0 aliphatic carbocycles. The van der Waals surface area contributed by atoms with E-state index >= 15 is 0 Å². The molecule has 10 aromatic rings. The highest BCUT2D eigenvalue weighted by molar-refractivity contribution is 7.86. The number of alkyl halides is 3. The third-order valence-electron chi connectivity index (χ3n) is 21.3. The number of aromatic nitrogens is 12. The Morgan fingerprint density at radius 3 is 1.49 bits per heavy atom. The minimum absolute atomic E-state index is 0.0350. The number of amides is 1. The molecule has 19 rings (SSSR count). The van der Waals surface area contributed by atoms with Gasteiger partial charge in [-0.25, -0.2) is 41.2 Å². The number of tetrazole rings is 3. The average Bonchev–Trinajstić information content (AvgIpc) is 1.75. The van der Waals surface area contributed by atoms with Crippen molar-refractivity contribution in [2.24, 2.45) is 22.3 Å². The first-order valence-electron chi connectivity index (χ1n) is 41.4. The maximum Gasteiger partial charge on any atom is 0.446 e. The molecule has 9 aliphatic rings. The number of benzene rings is 7. The number of ether oxygens (including phenoxy) is 6. The first kappa shape index (κ1) is 102. The lowest BCUT2D eigenvalue weighted by molar-refractivity contribution is -0.156. The van der Waals surface area contributed by atoms with Crippen LogP contribution in [0.3, 0.4) is 0 Å². The van der Waals surface area contributed by atoms with E-state index in [1.165, 1.54) is 72.8 Å². The smallest absolute Gasteiger partial charge is 0.446 e. The summed E-state index contributed by atoms with van der Waals surface area (Å²) in [5, 5.41) is 38.8. The Balaban J connectivity index is 0.000000173. The van der Waals surface area contributed by atoms with Gasteiger partial charge in [-0.05, 0) is 214 Å². The molecule has 5 atom stereocenters. The number of rotatable bonds is 18. The van der Waals surface area contributed by atoms with Crippen molar-refractivity contribution >= 4 is 54.0 Å². The molecule has 3 N–H and O–H groups in total. The van der Waals surface area contributed by atoms with Crippen LogP contribution in [-0.4, -0.2) is 240 Å². The molecule has 45 heteroatoms. The van der Waals surface area contributed by atoms with Gasteiger partial charge in [-0.1, -0.05) is 90.7 Å². The zero-order chi connectivity index (χ0) is 94.8.